The average molecular weight is 364 g/mol. The topological polar surface area (TPSA) is 73.3 Å². The molecule has 0 aliphatic heterocycles. The van der Waals surface area contributed by atoms with Crippen LogP contribution in [0.1, 0.15) is 42.9 Å². The van der Waals surface area contributed by atoms with Gasteiger partial charge in [-0.05, 0) is 42.2 Å². The maximum Gasteiger partial charge on any atom is 0.201 e. The zero-order valence-electron chi connectivity index (χ0n) is 14.9. The summed E-state index contributed by atoms with van der Waals surface area (Å²) in [5.74, 6) is 0.179. The molecule has 1 aliphatic carbocycles. The third-order valence-corrected chi connectivity index (χ3v) is 5.25. The smallest absolute Gasteiger partial charge is 0.201 e. The van der Waals surface area contributed by atoms with Crippen LogP contribution in [0, 0.1) is 10.7 Å². The second-order valence-corrected chi connectivity index (χ2v) is 6.89. The number of nitroso groups, excluding NO2 is 1. The first-order chi connectivity index (χ1) is 13.2. The van der Waals surface area contributed by atoms with Crippen LogP contribution in [0.4, 0.5) is 10.3 Å². The molecular formula is C21H21FN4O. The zero-order chi connectivity index (χ0) is 18.8. The van der Waals surface area contributed by atoms with Crippen molar-refractivity contribution in [3.8, 4) is 0 Å². The third-order valence-electron chi connectivity index (χ3n) is 5.25. The number of benzene rings is 2. The number of nitrogen functional groups attached to an aromatic ring is 1. The van der Waals surface area contributed by atoms with Crippen LogP contribution in [0.15, 0.2) is 53.7 Å². The van der Waals surface area contributed by atoms with Gasteiger partial charge in [-0.25, -0.2) is 9.37 Å². The first kappa shape index (κ1) is 17.4. The maximum absolute atomic E-state index is 14.4. The van der Waals surface area contributed by atoms with Gasteiger partial charge in [0.05, 0.1) is 11.0 Å². The summed E-state index contributed by atoms with van der Waals surface area (Å²) in [7, 11) is 0. The molecule has 2 aromatic carbocycles. The lowest BCUT2D eigenvalue weighted by molar-refractivity contribution is 0.539. The van der Waals surface area contributed by atoms with Crippen molar-refractivity contribution in [1.82, 2.24) is 9.55 Å². The van der Waals surface area contributed by atoms with Gasteiger partial charge in [0.1, 0.15) is 12.4 Å². The highest BCUT2D eigenvalue weighted by molar-refractivity contribution is 5.87. The normalized spacial score (nSPS) is 15.5. The Labute approximate surface area is 156 Å². The Balaban J connectivity index is 1.87. The van der Waals surface area contributed by atoms with E-state index >= 15 is 0 Å². The van der Waals surface area contributed by atoms with Gasteiger partial charge in [-0.1, -0.05) is 48.4 Å². The highest BCUT2D eigenvalue weighted by Gasteiger charge is 2.22. The van der Waals surface area contributed by atoms with E-state index in [0.29, 0.717) is 23.1 Å². The molecule has 0 spiro atoms. The summed E-state index contributed by atoms with van der Waals surface area (Å²) in [6.45, 7) is -0.0221. The lowest BCUT2D eigenvalue weighted by atomic mass is 9.96. The summed E-state index contributed by atoms with van der Waals surface area (Å²) in [6, 6.07) is 12.7. The van der Waals surface area contributed by atoms with Crippen LogP contribution < -0.4 is 5.73 Å². The Morgan fingerprint density at radius 3 is 2.78 bits per heavy atom. The third kappa shape index (κ3) is 3.23. The second-order valence-electron chi connectivity index (χ2n) is 6.89. The molecule has 3 aromatic rings. The van der Waals surface area contributed by atoms with Crippen LogP contribution in [0.5, 0.6) is 0 Å². The zero-order valence-corrected chi connectivity index (χ0v) is 14.9. The number of hydrogen-bond donors (Lipinski definition) is 1. The number of anilines is 1. The summed E-state index contributed by atoms with van der Waals surface area (Å²) in [6.07, 6.45) is 6.21. The van der Waals surface area contributed by atoms with E-state index in [0.717, 1.165) is 29.4 Å². The van der Waals surface area contributed by atoms with Gasteiger partial charge in [0.15, 0.2) is 0 Å². The van der Waals surface area contributed by atoms with Gasteiger partial charge in [0.25, 0.3) is 0 Å². The second kappa shape index (κ2) is 7.31. The van der Waals surface area contributed by atoms with Crippen LogP contribution in [-0.4, -0.2) is 16.1 Å². The Bertz CT molecular complexity index is 1020. The van der Waals surface area contributed by atoms with Gasteiger partial charge in [-0.3, -0.25) is 0 Å². The molecule has 1 aliphatic rings. The first-order valence-electron chi connectivity index (χ1n) is 9.21. The van der Waals surface area contributed by atoms with Crippen LogP contribution in [-0.2, 0) is 0 Å². The first-order valence-corrected chi connectivity index (χ1v) is 9.21. The summed E-state index contributed by atoms with van der Waals surface area (Å²) in [5.41, 5.74) is 9.87. The largest absolute Gasteiger partial charge is 0.369 e. The van der Waals surface area contributed by atoms with E-state index < -0.39 is 0 Å². The minimum Gasteiger partial charge on any atom is -0.369 e. The van der Waals surface area contributed by atoms with Crippen molar-refractivity contribution in [3.63, 3.8) is 0 Å². The molecule has 27 heavy (non-hydrogen) atoms. The number of hydrogen-bond acceptors (Lipinski definition) is 4. The molecule has 5 nitrogen and oxygen atoms in total. The minimum absolute atomic E-state index is 0.0221. The quantitative estimate of drug-likeness (QED) is 0.642. The predicted molar refractivity (Wildman–Crippen MR) is 106 cm³/mol. The molecule has 0 unspecified atom stereocenters. The summed E-state index contributed by atoms with van der Waals surface area (Å²) in [4.78, 5) is 15.2. The van der Waals surface area contributed by atoms with Gasteiger partial charge in [0, 0.05) is 11.6 Å². The Morgan fingerprint density at radius 1 is 1.26 bits per heavy atom. The van der Waals surface area contributed by atoms with E-state index in [1.165, 1.54) is 18.9 Å². The molecule has 6 heteroatoms. The van der Waals surface area contributed by atoms with Crippen molar-refractivity contribution in [2.24, 2.45) is 5.18 Å². The van der Waals surface area contributed by atoms with Crippen LogP contribution in [0.2, 0.25) is 0 Å². The van der Waals surface area contributed by atoms with E-state index in [9.17, 15) is 9.30 Å². The van der Waals surface area contributed by atoms with Crippen molar-refractivity contribution in [3.05, 3.63) is 70.4 Å². The van der Waals surface area contributed by atoms with E-state index in [1.807, 2.05) is 18.2 Å². The van der Waals surface area contributed by atoms with Gasteiger partial charge in [-0.2, -0.15) is 4.91 Å². The fraction of sp³-hybridized carbons (Fsp3) is 0.286. The molecule has 1 fully saturated rings. The van der Waals surface area contributed by atoms with Crippen molar-refractivity contribution < 1.29 is 4.39 Å². The summed E-state index contributed by atoms with van der Waals surface area (Å²) in [5, 5.41) is 2.92. The SMILES string of the molecule is Nc1nc2ccc(/C(=C/CN=O)c3ccccc3F)cc2n1C1CCCC1. The number of imidazole rings is 1. The number of fused-ring (bicyclic) bond motifs is 1. The molecule has 1 heterocycles. The van der Waals surface area contributed by atoms with E-state index in [1.54, 1.807) is 24.3 Å². The molecule has 138 valence electrons. The fourth-order valence-corrected chi connectivity index (χ4v) is 4.02. The number of rotatable bonds is 5. The van der Waals surface area contributed by atoms with Crippen molar-refractivity contribution in [1.29, 1.82) is 0 Å². The monoisotopic (exact) mass is 364 g/mol. The molecule has 0 amide bonds. The van der Waals surface area contributed by atoms with E-state index in [4.69, 9.17) is 5.73 Å². The molecule has 0 bridgehead atoms. The van der Waals surface area contributed by atoms with Gasteiger partial charge >= 0.3 is 0 Å². The molecule has 1 saturated carbocycles. The Morgan fingerprint density at radius 2 is 2.04 bits per heavy atom. The Kier molecular flexibility index (Phi) is 4.71. The fourth-order valence-electron chi connectivity index (χ4n) is 4.02. The van der Waals surface area contributed by atoms with Crippen LogP contribution in [0.3, 0.4) is 0 Å². The molecule has 0 radical (unpaired) electrons. The molecule has 0 saturated heterocycles. The number of halogens is 1. The van der Waals surface area contributed by atoms with E-state index in [2.05, 4.69) is 14.7 Å². The van der Waals surface area contributed by atoms with E-state index in [-0.39, 0.29) is 12.4 Å². The summed E-state index contributed by atoms with van der Waals surface area (Å²) < 4.78 is 16.5. The van der Waals surface area contributed by atoms with Crippen molar-refractivity contribution in [2.75, 3.05) is 12.3 Å². The highest BCUT2D eigenvalue weighted by atomic mass is 19.1. The molecule has 1 aromatic heterocycles. The Hall–Kier alpha value is -3.02. The lowest BCUT2D eigenvalue weighted by Gasteiger charge is -2.15. The number of nitrogens with zero attached hydrogens (tertiary/aromatic N) is 3. The predicted octanol–water partition coefficient (Wildman–Crippen LogP) is 5.07. The highest BCUT2D eigenvalue weighted by Crippen LogP contribution is 2.36. The molecule has 4 rings (SSSR count). The van der Waals surface area contributed by atoms with Crippen LogP contribution in [0.25, 0.3) is 16.6 Å². The molecule has 0 atom stereocenters. The van der Waals surface area contributed by atoms with Crippen LogP contribution >= 0.6 is 0 Å². The molecule has 2 N–H and O–H groups in total. The van der Waals surface area contributed by atoms with Gasteiger partial charge in [-0.15, -0.1) is 0 Å². The van der Waals surface area contributed by atoms with Crippen molar-refractivity contribution >= 4 is 22.6 Å². The van der Waals surface area contributed by atoms with Crippen molar-refractivity contribution in [2.45, 2.75) is 31.7 Å². The maximum atomic E-state index is 14.4. The minimum atomic E-state index is -0.335. The van der Waals surface area contributed by atoms with Gasteiger partial charge < -0.3 is 10.3 Å². The lowest BCUT2D eigenvalue weighted by Crippen LogP contribution is -2.08. The summed E-state index contributed by atoms with van der Waals surface area (Å²) >= 11 is 0. The average Bonchev–Trinajstić information content (AvgIpc) is 3.29. The number of nitrogens with two attached hydrogens (primary N) is 1. The molecular weight excluding hydrogens is 343 g/mol. The van der Waals surface area contributed by atoms with Gasteiger partial charge in [0.2, 0.25) is 5.95 Å². The standard InChI is InChI=1S/C21H21FN4O/c22-18-8-4-3-7-17(18)16(11-12-24-27)14-9-10-19-20(13-14)26(21(23)25-19)15-5-1-2-6-15/h3-4,7-11,13,15H,1-2,5-6,12H2,(H2,23,25)/b16-11-. The number of aromatic nitrogens is 2.